The van der Waals surface area contributed by atoms with Crippen LogP contribution in [0.25, 0.3) is 5.69 Å². The first-order chi connectivity index (χ1) is 13.3. The van der Waals surface area contributed by atoms with Crippen LogP contribution in [0.1, 0.15) is 21.7 Å². The van der Waals surface area contributed by atoms with Crippen LogP contribution in [0.2, 0.25) is 0 Å². The van der Waals surface area contributed by atoms with Gasteiger partial charge in [-0.1, -0.05) is 12.1 Å². The van der Waals surface area contributed by atoms with Crippen molar-refractivity contribution in [3.8, 4) is 5.69 Å². The quantitative estimate of drug-likeness (QED) is 0.724. The zero-order valence-corrected chi connectivity index (χ0v) is 15.0. The molecule has 0 radical (unpaired) electrons. The fourth-order valence-corrected chi connectivity index (χ4v) is 3.08. The van der Waals surface area contributed by atoms with E-state index in [0.29, 0.717) is 18.7 Å². The maximum atomic E-state index is 12.4. The van der Waals surface area contributed by atoms with Crippen molar-refractivity contribution < 1.29 is 13.9 Å². The topological polar surface area (TPSA) is 72.5 Å². The molecule has 1 aromatic carbocycles. The van der Waals surface area contributed by atoms with Crippen molar-refractivity contribution in [2.45, 2.75) is 13.1 Å². The largest absolute Gasteiger partial charge is 0.467 e. The van der Waals surface area contributed by atoms with Gasteiger partial charge in [0, 0.05) is 32.0 Å². The summed E-state index contributed by atoms with van der Waals surface area (Å²) < 4.78 is 12.7. The molecule has 7 heteroatoms. The first-order valence-corrected chi connectivity index (χ1v) is 9.02. The Morgan fingerprint density at radius 3 is 2.89 bits per heavy atom. The molecule has 0 spiro atoms. The summed E-state index contributed by atoms with van der Waals surface area (Å²) >= 11 is 0. The fraction of sp³-hybridized carbons (Fsp3) is 0.300. The molecule has 1 N–H and O–H groups in total. The molecular formula is C20H22N4O3. The Balaban J connectivity index is 1.34. The van der Waals surface area contributed by atoms with Gasteiger partial charge in [0.25, 0.3) is 5.91 Å². The van der Waals surface area contributed by atoms with Gasteiger partial charge in [-0.3, -0.25) is 9.69 Å². The maximum Gasteiger partial charge on any atom is 0.254 e. The molecule has 2 aromatic heterocycles. The monoisotopic (exact) mass is 366 g/mol. The van der Waals surface area contributed by atoms with Crippen LogP contribution in [0.4, 0.5) is 0 Å². The second kappa shape index (κ2) is 8.20. The van der Waals surface area contributed by atoms with E-state index < -0.39 is 0 Å². The van der Waals surface area contributed by atoms with E-state index in [0.717, 1.165) is 43.3 Å². The van der Waals surface area contributed by atoms with E-state index >= 15 is 0 Å². The molecule has 1 aliphatic heterocycles. The van der Waals surface area contributed by atoms with Crippen molar-refractivity contribution in [3.63, 3.8) is 0 Å². The predicted molar refractivity (Wildman–Crippen MR) is 99.5 cm³/mol. The number of morpholine rings is 1. The Hall–Kier alpha value is -2.90. The zero-order valence-electron chi connectivity index (χ0n) is 15.0. The molecule has 0 atom stereocenters. The first kappa shape index (κ1) is 17.5. The molecule has 3 heterocycles. The molecule has 1 saturated heterocycles. The lowest BCUT2D eigenvalue weighted by Crippen LogP contribution is -2.35. The average molecular weight is 366 g/mol. The van der Waals surface area contributed by atoms with Gasteiger partial charge < -0.3 is 14.5 Å². The number of hydrogen-bond donors (Lipinski definition) is 1. The van der Waals surface area contributed by atoms with Crippen molar-refractivity contribution in [3.05, 3.63) is 71.9 Å². The number of nitrogens with one attached hydrogen (secondary N) is 1. The highest BCUT2D eigenvalue weighted by Gasteiger charge is 2.15. The van der Waals surface area contributed by atoms with Gasteiger partial charge in [-0.05, 0) is 29.8 Å². The molecule has 3 aromatic rings. The Bertz CT molecular complexity index is 882. The van der Waals surface area contributed by atoms with E-state index in [1.807, 2.05) is 42.6 Å². The summed E-state index contributed by atoms with van der Waals surface area (Å²) in [5, 5.41) is 7.17. The van der Waals surface area contributed by atoms with E-state index in [4.69, 9.17) is 9.15 Å². The molecule has 7 nitrogen and oxygen atoms in total. The predicted octanol–water partition coefficient (Wildman–Crippen LogP) is 2.23. The van der Waals surface area contributed by atoms with Gasteiger partial charge in [0.2, 0.25) is 0 Å². The van der Waals surface area contributed by atoms with Crippen LogP contribution in [0, 0.1) is 0 Å². The Morgan fingerprint density at radius 1 is 1.19 bits per heavy atom. The molecule has 27 heavy (non-hydrogen) atoms. The van der Waals surface area contributed by atoms with Crippen molar-refractivity contribution in [2.24, 2.45) is 0 Å². The van der Waals surface area contributed by atoms with E-state index in [1.165, 1.54) is 6.26 Å². The molecule has 1 amide bonds. The zero-order chi connectivity index (χ0) is 18.5. The van der Waals surface area contributed by atoms with Gasteiger partial charge >= 0.3 is 0 Å². The number of furan rings is 1. The van der Waals surface area contributed by atoms with Crippen LogP contribution in [0.15, 0.2) is 59.5 Å². The third kappa shape index (κ3) is 4.45. The molecular weight excluding hydrogens is 344 g/mol. The summed E-state index contributed by atoms with van der Waals surface area (Å²) in [6.45, 7) is 4.39. The van der Waals surface area contributed by atoms with Crippen LogP contribution in [-0.4, -0.2) is 46.9 Å². The molecule has 140 valence electrons. The highest BCUT2D eigenvalue weighted by molar-refractivity contribution is 5.93. The summed E-state index contributed by atoms with van der Waals surface area (Å²) in [4.78, 5) is 14.7. The van der Waals surface area contributed by atoms with Crippen LogP contribution in [0.5, 0.6) is 0 Å². The minimum atomic E-state index is -0.142. The average Bonchev–Trinajstić information content (AvgIpc) is 3.39. The Kier molecular flexibility index (Phi) is 5.32. The highest BCUT2D eigenvalue weighted by Crippen LogP contribution is 2.13. The SMILES string of the molecule is O=C(NCc1cccc(-n2cccn2)c1)c1coc(CN2CCOCC2)c1. The summed E-state index contributed by atoms with van der Waals surface area (Å²) in [7, 11) is 0. The minimum absolute atomic E-state index is 0.142. The smallest absolute Gasteiger partial charge is 0.254 e. The van der Waals surface area contributed by atoms with Crippen molar-refractivity contribution in [1.82, 2.24) is 20.0 Å². The molecule has 0 unspecified atom stereocenters. The molecule has 1 fully saturated rings. The summed E-state index contributed by atoms with van der Waals surface area (Å²) in [5.74, 6) is 0.652. The molecule has 4 rings (SSSR count). The van der Waals surface area contributed by atoms with Gasteiger partial charge in [0.1, 0.15) is 12.0 Å². The number of hydrogen-bond acceptors (Lipinski definition) is 5. The van der Waals surface area contributed by atoms with Gasteiger partial charge in [-0.15, -0.1) is 0 Å². The highest BCUT2D eigenvalue weighted by atomic mass is 16.5. The van der Waals surface area contributed by atoms with Crippen LogP contribution >= 0.6 is 0 Å². The summed E-state index contributed by atoms with van der Waals surface area (Å²) in [6, 6.07) is 11.6. The second-order valence-electron chi connectivity index (χ2n) is 6.49. The molecule has 0 saturated carbocycles. The summed E-state index contributed by atoms with van der Waals surface area (Å²) in [6.07, 6.45) is 5.15. The molecule has 1 aliphatic rings. The van der Waals surface area contributed by atoms with Gasteiger partial charge in [-0.2, -0.15) is 5.10 Å². The van der Waals surface area contributed by atoms with E-state index in [-0.39, 0.29) is 5.91 Å². The number of aromatic nitrogens is 2. The number of amides is 1. The number of nitrogens with zero attached hydrogens (tertiary/aromatic N) is 3. The number of rotatable bonds is 6. The van der Waals surface area contributed by atoms with Crippen molar-refractivity contribution >= 4 is 5.91 Å². The molecule has 0 bridgehead atoms. The lowest BCUT2D eigenvalue weighted by atomic mass is 10.2. The summed E-state index contributed by atoms with van der Waals surface area (Å²) in [5.41, 5.74) is 2.51. The van der Waals surface area contributed by atoms with Gasteiger partial charge in [0.15, 0.2) is 0 Å². The van der Waals surface area contributed by atoms with Crippen molar-refractivity contribution in [2.75, 3.05) is 26.3 Å². The van der Waals surface area contributed by atoms with Crippen LogP contribution in [0.3, 0.4) is 0 Å². The normalized spacial score (nSPS) is 15.0. The lowest BCUT2D eigenvalue weighted by Gasteiger charge is -2.25. The second-order valence-corrected chi connectivity index (χ2v) is 6.49. The third-order valence-electron chi connectivity index (χ3n) is 4.53. The standard InChI is InChI=1S/C20H22N4O3/c25-20(17-12-19(27-15-17)14-23-7-9-26-10-8-23)21-13-16-3-1-4-18(11-16)24-6-2-5-22-24/h1-6,11-12,15H,7-10,13-14H2,(H,21,25). The first-order valence-electron chi connectivity index (χ1n) is 9.02. The number of carbonyl (C=O) groups is 1. The van der Waals surface area contributed by atoms with Crippen LogP contribution < -0.4 is 5.32 Å². The number of benzene rings is 1. The van der Waals surface area contributed by atoms with Gasteiger partial charge in [-0.25, -0.2) is 4.68 Å². The number of ether oxygens (including phenoxy) is 1. The Labute approximate surface area is 157 Å². The van der Waals surface area contributed by atoms with E-state index in [9.17, 15) is 4.79 Å². The van der Waals surface area contributed by atoms with E-state index in [1.54, 1.807) is 10.9 Å². The number of carbonyl (C=O) groups excluding carboxylic acids is 1. The van der Waals surface area contributed by atoms with Crippen molar-refractivity contribution in [1.29, 1.82) is 0 Å². The minimum Gasteiger partial charge on any atom is -0.467 e. The van der Waals surface area contributed by atoms with E-state index in [2.05, 4.69) is 15.3 Å². The van der Waals surface area contributed by atoms with Gasteiger partial charge in [0.05, 0.1) is 31.0 Å². The van der Waals surface area contributed by atoms with Crippen LogP contribution in [-0.2, 0) is 17.8 Å². The lowest BCUT2D eigenvalue weighted by molar-refractivity contribution is 0.0313. The fourth-order valence-electron chi connectivity index (χ4n) is 3.08. The molecule has 0 aliphatic carbocycles. The third-order valence-corrected chi connectivity index (χ3v) is 4.53. The Morgan fingerprint density at radius 2 is 2.07 bits per heavy atom. The maximum absolute atomic E-state index is 12.4.